The minimum Gasteiger partial charge on any atom is -0.329 e. The maximum absolute atomic E-state index is 6.35. The largest absolute Gasteiger partial charge is 0.329 e. The predicted molar refractivity (Wildman–Crippen MR) is 90.7 cm³/mol. The van der Waals surface area contributed by atoms with Gasteiger partial charge in [0.05, 0.1) is 0 Å². The molecule has 0 bridgehead atoms. The van der Waals surface area contributed by atoms with Crippen LogP contribution in [0.15, 0.2) is 11.4 Å². The van der Waals surface area contributed by atoms with Crippen molar-refractivity contribution < 1.29 is 0 Å². The minimum absolute atomic E-state index is 0.148. The van der Waals surface area contributed by atoms with Crippen molar-refractivity contribution in [2.24, 2.45) is 11.1 Å². The molecule has 4 heteroatoms. The number of hydrogen-bond acceptors (Lipinski definition) is 4. The van der Waals surface area contributed by atoms with Crippen LogP contribution in [-0.2, 0) is 6.42 Å². The summed E-state index contributed by atoms with van der Waals surface area (Å²) in [5.41, 5.74) is 8.34. The summed E-state index contributed by atoms with van der Waals surface area (Å²) in [4.78, 5) is 4.32. The van der Waals surface area contributed by atoms with E-state index < -0.39 is 0 Å². The molecule has 0 saturated carbocycles. The van der Waals surface area contributed by atoms with E-state index in [9.17, 15) is 0 Å². The van der Waals surface area contributed by atoms with Gasteiger partial charge in [-0.1, -0.05) is 13.8 Å². The first-order valence-electron chi connectivity index (χ1n) is 7.63. The zero-order chi connectivity index (χ0) is 14.4. The van der Waals surface area contributed by atoms with E-state index in [1.807, 2.05) is 11.3 Å². The molecule has 3 rings (SSSR count). The summed E-state index contributed by atoms with van der Waals surface area (Å²) in [6, 6.07) is 2.83. The standard InChI is InChI=1S/C16H26N2S2/c1-12-13-5-8-20-14(13)4-7-18(12)16(10-17)11-19-9-6-15(16,2)3/h5,8,12H,4,6-7,9-11,17H2,1-3H3. The van der Waals surface area contributed by atoms with Crippen LogP contribution >= 0.6 is 23.1 Å². The first kappa shape index (κ1) is 14.9. The number of rotatable bonds is 2. The Balaban J connectivity index is 1.98. The fourth-order valence-electron chi connectivity index (χ4n) is 4.01. The van der Waals surface area contributed by atoms with Crippen LogP contribution in [-0.4, -0.2) is 35.0 Å². The molecule has 0 radical (unpaired) electrons. The van der Waals surface area contributed by atoms with Crippen molar-refractivity contribution in [1.82, 2.24) is 4.90 Å². The lowest BCUT2D eigenvalue weighted by Crippen LogP contribution is -2.67. The highest BCUT2D eigenvalue weighted by molar-refractivity contribution is 7.99. The van der Waals surface area contributed by atoms with E-state index in [0.29, 0.717) is 11.5 Å². The SMILES string of the molecule is CC1c2ccsc2CCN1C1(CN)CSCCC1(C)C. The molecule has 2 nitrogen and oxygen atoms in total. The van der Waals surface area contributed by atoms with Crippen LogP contribution in [0.1, 0.15) is 43.7 Å². The summed E-state index contributed by atoms with van der Waals surface area (Å²) in [5, 5.41) is 2.25. The Morgan fingerprint density at radius 3 is 2.95 bits per heavy atom. The second kappa shape index (κ2) is 5.31. The van der Waals surface area contributed by atoms with Gasteiger partial charge in [0.2, 0.25) is 0 Å². The van der Waals surface area contributed by atoms with Crippen LogP contribution in [0.25, 0.3) is 0 Å². The third kappa shape index (κ3) is 2.07. The minimum atomic E-state index is 0.148. The van der Waals surface area contributed by atoms with Gasteiger partial charge in [0.25, 0.3) is 0 Å². The first-order valence-corrected chi connectivity index (χ1v) is 9.66. The monoisotopic (exact) mass is 310 g/mol. The molecular formula is C16H26N2S2. The van der Waals surface area contributed by atoms with Crippen molar-refractivity contribution in [1.29, 1.82) is 0 Å². The quantitative estimate of drug-likeness (QED) is 0.906. The molecular weight excluding hydrogens is 284 g/mol. The second-order valence-corrected chi connectivity index (χ2v) is 8.95. The normalized spacial score (nSPS) is 33.9. The number of hydrogen-bond donors (Lipinski definition) is 1. The Bertz CT molecular complexity index is 483. The van der Waals surface area contributed by atoms with Crippen molar-refractivity contribution in [2.75, 3.05) is 24.6 Å². The van der Waals surface area contributed by atoms with Crippen LogP contribution in [0.3, 0.4) is 0 Å². The van der Waals surface area contributed by atoms with Crippen molar-refractivity contribution in [3.63, 3.8) is 0 Å². The van der Waals surface area contributed by atoms with Gasteiger partial charge in [-0.3, -0.25) is 4.90 Å². The summed E-state index contributed by atoms with van der Waals surface area (Å²) in [5.74, 6) is 2.46. The zero-order valence-electron chi connectivity index (χ0n) is 12.8. The molecule has 2 aliphatic rings. The lowest BCUT2D eigenvalue weighted by atomic mass is 9.68. The van der Waals surface area contributed by atoms with Crippen molar-refractivity contribution in [3.8, 4) is 0 Å². The Morgan fingerprint density at radius 2 is 2.25 bits per heavy atom. The van der Waals surface area contributed by atoms with Gasteiger partial charge in [0.1, 0.15) is 0 Å². The van der Waals surface area contributed by atoms with Crippen LogP contribution in [0.5, 0.6) is 0 Å². The van der Waals surface area contributed by atoms with Crippen LogP contribution in [0, 0.1) is 5.41 Å². The van der Waals surface area contributed by atoms with Crippen molar-refractivity contribution in [3.05, 3.63) is 21.9 Å². The summed E-state index contributed by atoms with van der Waals surface area (Å²) in [7, 11) is 0. The smallest absolute Gasteiger partial charge is 0.0479 e. The molecule has 0 aliphatic carbocycles. The molecule has 2 atom stereocenters. The van der Waals surface area contributed by atoms with E-state index in [-0.39, 0.29) is 5.54 Å². The summed E-state index contributed by atoms with van der Waals surface area (Å²) in [6.07, 6.45) is 2.47. The topological polar surface area (TPSA) is 29.3 Å². The number of nitrogens with zero attached hydrogens (tertiary/aromatic N) is 1. The Hall–Kier alpha value is -0.0300. The van der Waals surface area contributed by atoms with Crippen molar-refractivity contribution in [2.45, 2.75) is 45.2 Å². The summed E-state index contributed by atoms with van der Waals surface area (Å²) in [6.45, 7) is 9.16. The van der Waals surface area contributed by atoms with Gasteiger partial charge < -0.3 is 5.73 Å². The molecule has 2 unspecified atom stereocenters. The Labute approximate surface area is 131 Å². The Kier molecular flexibility index (Phi) is 3.95. The molecule has 1 saturated heterocycles. The van der Waals surface area contributed by atoms with Crippen LogP contribution < -0.4 is 5.73 Å². The maximum atomic E-state index is 6.35. The molecule has 0 amide bonds. The third-order valence-electron chi connectivity index (χ3n) is 5.64. The average molecular weight is 311 g/mol. The fraction of sp³-hybridized carbons (Fsp3) is 0.750. The number of thioether (sulfide) groups is 1. The van der Waals surface area contributed by atoms with Gasteiger partial charge in [-0.05, 0) is 47.9 Å². The second-order valence-electron chi connectivity index (χ2n) is 6.84. The molecule has 1 aromatic heterocycles. The molecule has 1 aromatic rings. The van der Waals surface area contributed by atoms with E-state index in [4.69, 9.17) is 5.73 Å². The number of fused-ring (bicyclic) bond motifs is 1. The van der Waals surface area contributed by atoms with Crippen molar-refractivity contribution >= 4 is 23.1 Å². The van der Waals surface area contributed by atoms with E-state index in [1.54, 1.807) is 10.4 Å². The Morgan fingerprint density at radius 1 is 1.45 bits per heavy atom. The molecule has 2 N–H and O–H groups in total. The van der Waals surface area contributed by atoms with Gasteiger partial charge in [-0.15, -0.1) is 11.3 Å². The molecule has 112 valence electrons. The van der Waals surface area contributed by atoms with Gasteiger partial charge in [-0.2, -0.15) is 11.8 Å². The lowest BCUT2D eigenvalue weighted by molar-refractivity contribution is -0.0285. The fourth-order valence-corrected chi connectivity index (χ4v) is 6.79. The van der Waals surface area contributed by atoms with E-state index in [2.05, 4.69) is 48.9 Å². The van der Waals surface area contributed by atoms with Gasteiger partial charge in [0.15, 0.2) is 0 Å². The van der Waals surface area contributed by atoms with Gasteiger partial charge in [0, 0.05) is 35.3 Å². The predicted octanol–water partition coefficient (Wildman–Crippen LogP) is 3.53. The van der Waals surface area contributed by atoms with E-state index in [1.165, 1.54) is 24.3 Å². The lowest BCUT2D eigenvalue weighted by Gasteiger charge is -2.58. The van der Waals surface area contributed by atoms with E-state index in [0.717, 1.165) is 13.1 Å². The van der Waals surface area contributed by atoms with Crippen LogP contribution in [0.2, 0.25) is 0 Å². The molecule has 20 heavy (non-hydrogen) atoms. The highest BCUT2D eigenvalue weighted by Crippen LogP contribution is 2.49. The van der Waals surface area contributed by atoms with Crippen LogP contribution in [0.4, 0.5) is 0 Å². The zero-order valence-corrected chi connectivity index (χ0v) is 14.4. The molecule has 1 fully saturated rings. The highest BCUT2D eigenvalue weighted by atomic mass is 32.2. The highest BCUT2D eigenvalue weighted by Gasteiger charge is 2.52. The summed E-state index contributed by atoms with van der Waals surface area (Å²) < 4.78 is 0. The van der Waals surface area contributed by atoms with Gasteiger partial charge in [-0.25, -0.2) is 0 Å². The molecule has 0 spiro atoms. The molecule has 3 heterocycles. The first-order chi connectivity index (χ1) is 9.52. The number of nitrogens with two attached hydrogens (primary N) is 1. The van der Waals surface area contributed by atoms with Gasteiger partial charge >= 0.3 is 0 Å². The third-order valence-corrected chi connectivity index (χ3v) is 7.81. The molecule has 0 aromatic carbocycles. The summed E-state index contributed by atoms with van der Waals surface area (Å²) >= 11 is 4.01. The maximum Gasteiger partial charge on any atom is 0.0479 e. The van der Waals surface area contributed by atoms with E-state index >= 15 is 0 Å². The average Bonchev–Trinajstić information content (AvgIpc) is 2.89. The number of thiophene rings is 1. The molecule has 2 aliphatic heterocycles.